The van der Waals surface area contributed by atoms with Crippen molar-refractivity contribution < 1.29 is 4.79 Å². The molecule has 0 N–H and O–H groups in total. The van der Waals surface area contributed by atoms with E-state index in [9.17, 15) is 4.79 Å². The molecule has 100 valence electrons. The Bertz CT molecular complexity index is 788. The zero-order chi connectivity index (χ0) is 14.5. The molecule has 0 unspecified atom stereocenters. The second-order valence-corrected chi connectivity index (χ2v) is 4.67. The average Bonchev–Trinajstić information content (AvgIpc) is 2.57. The molecular weight excluding hydrogens is 258 g/mol. The lowest BCUT2D eigenvalue weighted by molar-refractivity contribution is 0.565. The van der Waals surface area contributed by atoms with E-state index in [1.165, 1.54) is 0 Å². The van der Waals surface area contributed by atoms with E-state index in [1.807, 2.05) is 54.6 Å². The summed E-state index contributed by atoms with van der Waals surface area (Å²) in [5.41, 5.74) is 5.02. The van der Waals surface area contributed by atoms with Gasteiger partial charge in [-0.25, -0.2) is 4.79 Å². The molecule has 0 heterocycles. The molecule has 0 aromatic heterocycles. The first kappa shape index (κ1) is 13.0. The molecule has 3 aromatic rings. The lowest BCUT2D eigenvalue weighted by Crippen LogP contribution is -1.85. The lowest BCUT2D eigenvalue weighted by atomic mass is 9.94. The first-order valence-corrected chi connectivity index (χ1v) is 6.71. The van der Waals surface area contributed by atoms with Crippen LogP contribution in [0.25, 0.3) is 22.3 Å². The molecule has 0 saturated heterocycles. The van der Waals surface area contributed by atoms with Crippen LogP contribution in [0.15, 0.2) is 83.9 Å². The second-order valence-electron chi connectivity index (χ2n) is 4.67. The van der Waals surface area contributed by atoms with Gasteiger partial charge in [0.2, 0.25) is 6.08 Å². The Labute approximate surface area is 123 Å². The first-order chi connectivity index (χ1) is 10.4. The highest BCUT2D eigenvalue weighted by Gasteiger charge is 2.08. The van der Waals surface area contributed by atoms with Crippen molar-refractivity contribution in [2.45, 2.75) is 0 Å². The lowest BCUT2D eigenvalue weighted by Gasteiger charge is -2.11. The number of hydrogen-bond donors (Lipinski definition) is 0. The van der Waals surface area contributed by atoms with E-state index in [0.29, 0.717) is 5.69 Å². The molecule has 0 bridgehead atoms. The van der Waals surface area contributed by atoms with Gasteiger partial charge in [0.1, 0.15) is 0 Å². The monoisotopic (exact) mass is 271 g/mol. The van der Waals surface area contributed by atoms with Crippen molar-refractivity contribution in [1.82, 2.24) is 0 Å². The summed E-state index contributed by atoms with van der Waals surface area (Å²) >= 11 is 0. The minimum absolute atomic E-state index is 0.614. The van der Waals surface area contributed by atoms with Gasteiger partial charge < -0.3 is 0 Å². The van der Waals surface area contributed by atoms with E-state index >= 15 is 0 Å². The van der Waals surface area contributed by atoms with Crippen molar-refractivity contribution in [3.05, 3.63) is 78.9 Å². The summed E-state index contributed by atoms with van der Waals surface area (Å²) in [6.07, 6.45) is 1.60. The highest BCUT2D eigenvalue weighted by molar-refractivity contribution is 5.85. The van der Waals surface area contributed by atoms with Crippen molar-refractivity contribution >= 4 is 11.8 Å². The van der Waals surface area contributed by atoms with Gasteiger partial charge in [0.25, 0.3) is 0 Å². The van der Waals surface area contributed by atoms with Crippen LogP contribution in [-0.4, -0.2) is 6.08 Å². The van der Waals surface area contributed by atoms with Crippen molar-refractivity contribution in [3.63, 3.8) is 0 Å². The van der Waals surface area contributed by atoms with Crippen LogP contribution in [-0.2, 0) is 4.79 Å². The second kappa shape index (κ2) is 6.00. The molecule has 0 saturated carbocycles. The third-order valence-corrected chi connectivity index (χ3v) is 3.35. The number of aliphatic imine (C=N–C) groups is 1. The van der Waals surface area contributed by atoms with E-state index in [1.54, 1.807) is 6.08 Å². The number of benzene rings is 3. The topological polar surface area (TPSA) is 29.4 Å². The third-order valence-electron chi connectivity index (χ3n) is 3.35. The van der Waals surface area contributed by atoms with Crippen LogP contribution < -0.4 is 0 Å². The fourth-order valence-corrected chi connectivity index (χ4v) is 2.38. The largest absolute Gasteiger partial charge is 0.240 e. The first-order valence-electron chi connectivity index (χ1n) is 6.71. The molecule has 0 amide bonds. The maximum absolute atomic E-state index is 10.5. The molecule has 0 fully saturated rings. The van der Waals surface area contributed by atoms with Gasteiger partial charge in [-0.15, -0.1) is 0 Å². The van der Waals surface area contributed by atoms with E-state index in [2.05, 4.69) is 29.3 Å². The predicted octanol–water partition coefficient (Wildman–Crippen LogP) is 4.99. The van der Waals surface area contributed by atoms with Crippen LogP contribution in [0.4, 0.5) is 5.69 Å². The smallest absolute Gasteiger partial charge is 0.211 e. The molecule has 2 nitrogen and oxygen atoms in total. The Balaban J connectivity index is 2.23. The number of isocyanates is 1. The van der Waals surface area contributed by atoms with Gasteiger partial charge in [0, 0.05) is 0 Å². The fraction of sp³-hybridized carbons (Fsp3) is 0. The standard InChI is InChI=1S/C19H13NO/c21-14-20-17-11-12-18(15-7-3-1-4-8-15)19(13-17)16-9-5-2-6-10-16/h1-13H. The Morgan fingerprint density at radius 3 is 1.81 bits per heavy atom. The fourth-order valence-electron chi connectivity index (χ4n) is 2.38. The Kier molecular flexibility index (Phi) is 3.72. The molecule has 0 aliphatic heterocycles. The van der Waals surface area contributed by atoms with Crippen molar-refractivity contribution in [3.8, 4) is 22.3 Å². The normalized spacial score (nSPS) is 9.90. The van der Waals surface area contributed by atoms with Crippen molar-refractivity contribution in [2.75, 3.05) is 0 Å². The summed E-state index contributed by atoms with van der Waals surface area (Å²) in [6, 6.07) is 26.0. The van der Waals surface area contributed by atoms with Crippen LogP contribution in [0, 0.1) is 0 Å². The summed E-state index contributed by atoms with van der Waals surface area (Å²) < 4.78 is 0. The summed E-state index contributed by atoms with van der Waals surface area (Å²) in [4.78, 5) is 14.2. The number of rotatable bonds is 3. The summed E-state index contributed by atoms with van der Waals surface area (Å²) in [6.45, 7) is 0. The van der Waals surface area contributed by atoms with Crippen LogP contribution in [0.5, 0.6) is 0 Å². The van der Waals surface area contributed by atoms with E-state index in [4.69, 9.17) is 0 Å². The molecular formula is C19H13NO. The van der Waals surface area contributed by atoms with Gasteiger partial charge in [-0.05, 0) is 34.4 Å². The van der Waals surface area contributed by atoms with Gasteiger partial charge in [0.15, 0.2) is 0 Å². The summed E-state index contributed by atoms with van der Waals surface area (Å²) in [5, 5.41) is 0. The zero-order valence-corrected chi connectivity index (χ0v) is 11.4. The molecule has 21 heavy (non-hydrogen) atoms. The Hall–Kier alpha value is -2.96. The zero-order valence-electron chi connectivity index (χ0n) is 11.4. The van der Waals surface area contributed by atoms with Crippen molar-refractivity contribution in [1.29, 1.82) is 0 Å². The Morgan fingerprint density at radius 2 is 1.24 bits per heavy atom. The minimum Gasteiger partial charge on any atom is -0.211 e. The molecule has 3 rings (SSSR count). The third kappa shape index (κ3) is 2.81. The number of carbonyl (C=O) groups excluding carboxylic acids is 1. The summed E-state index contributed by atoms with van der Waals surface area (Å²) in [7, 11) is 0. The van der Waals surface area contributed by atoms with Gasteiger partial charge in [-0.2, -0.15) is 4.99 Å². The predicted molar refractivity (Wildman–Crippen MR) is 85.1 cm³/mol. The SMILES string of the molecule is O=C=Nc1ccc(-c2ccccc2)c(-c2ccccc2)c1. The molecule has 2 heteroatoms. The van der Waals surface area contributed by atoms with Gasteiger partial charge in [-0.3, -0.25) is 0 Å². The van der Waals surface area contributed by atoms with E-state index < -0.39 is 0 Å². The van der Waals surface area contributed by atoms with Gasteiger partial charge >= 0.3 is 0 Å². The number of nitrogens with zero attached hydrogens (tertiary/aromatic N) is 1. The van der Waals surface area contributed by atoms with Crippen molar-refractivity contribution in [2.24, 2.45) is 4.99 Å². The molecule has 0 atom stereocenters. The van der Waals surface area contributed by atoms with E-state index in [0.717, 1.165) is 22.3 Å². The minimum atomic E-state index is 0.614. The average molecular weight is 271 g/mol. The highest BCUT2D eigenvalue weighted by Crippen LogP contribution is 2.34. The molecule has 0 aliphatic rings. The maximum atomic E-state index is 10.5. The Morgan fingerprint density at radius 1 is 0.667 bits per heavy atom. The quantitative estimate of drug-likeness (QED) is 0.487. The van der Waals surface area contributed by atoms with Crippen LogP contribution in [0.1, 0.15) is 0 Å². The molecule has 0 radical (unpaired) electrons. The molecule has 0 aliphatic carbocycles. The van der Waals surface area contributed by atoms with Crippen LogP contribution >= 0.6 is 0 Å². The van der Waals surface area contributed by atoms with Gasteiger partial charge in [0.05, 0.1) is 5.69 Å². The number of hydrogen-bond acceptors (Lipinski definition) is 2. The van der Waals surface area contributed by atoms with Crippen LogP contribution in [0.2, 0.25) is 0 Å². The molecule has 3 aromatic carbocycles. The highest BCUT2D eigenvalue weighted by atomic mass is 16.1. The van der Waals surface area contributed by atoms with E-state index in [-0.39, 0.29) is 0 Å². The van der Waals surface area contributed by atoms with Gasteiger partial charge in [-0.1, -0.05) is 66.7 Å². The maximum Gasteiger partial charge on any atom is 0.240 e. The summed E-state index contributed by atoms with van der Waals surface area (Å²) in [5.74, 6) is 0. The molecule has 0 spiro atoms. The van der Waals surface area contributed by atoms with Crippen LogP contribution in [0.3, 0.4) is 0 Å².